The van der Waals surface area contributed by atoms with Gasteiger partial charge in [-0.1, -0.05) is 63.2 Å². The van der Waals surface area contributed by atoms with Gasteiger partial charge in [-0.15, -0.1) is 0 Å². The lowest BCUT2D eigenvalue weighted by Crippen LogP contribution is -2.35. The molecule has 3 heteroatoms. The van der Waals surface area contributed by atoms with Crippen molar-refractivity contribution in [3.8, 4) is 0 Å². The van der Waals surface area contributed by atoms with Crippen LogP contribution in [0.3, 0.4) is 0 Å². The lowest BCUT2D eigenvalue weighted by molar-refractivity contribution is 0.209. The van der Waals surface area contributed by atoms with Crippen LogP contribution in [0.4, 0.5) is 10.5 Å². The van der Waals surface area contributed by atoms with Crippen LogP contribution in [0.1, 0.15) is 44.2 Å². The number of carbonyl (C=O) groups is 1. The van der Waals surface area contributed by atoms with Crippen molar-refractivity contribution in [1.82, 2.24) is 4.90 Å². The fourth-order valence-corrected chi connectivity index (χ4v) is 2.48. The summed E-state index contributed by atoms with van der Waals surface area (Å²) in [6.45, 7) is 7.78. The molecule has 2 rings (SSSR count). The zero-order valence-corrected chi connectivity index (χ0v) is 14.3. The molecule has 122 valence electrons. The third kappa shape index (κ3) is 5.13. The van der Waals surface area contributed by atoms with Gasteiger partial charge in [0.15, 0.2) is 0 Å². The molecule has 2 aromatic rings. The number of hydrogen-bond acceptors (Lipinski definition) is 1. The highest BCUT2D eigenvalue weighted by Crippen LogP contribution is 2.17. The minimum atomic E-state index is -0.0481. The van der Waals surface area contributed by atoms with E-state index in [2.05, 4.69) is 38.2 Å². The number of anilines is 1. The Labute approximate surface area is 139 Å². The van der Waals surface area contributed by atoms with Crippen LogP contribution in [0.2, 0.25) is 0 Å². The van der Waals surface area contributed by atoms with E-state index in [0.29, 0.717) is 12.5 Å². The van der Waals surface area contributed by atoms with E-state index < -0.39 is 0 Å². The third-order valence-electron chi connectivity index (χ3n) is 3.83. The summed E-state index contributed by atoms with van der Waals surface area (Å²) >= 11 is 0. The van der Waals surface area contributed by atoms with Crippen molar-refractivity contribution >= 4 is 11.7 Å². The quantitative estimate of drug-likeness (QED) is 0.776. The second-order valence-electron chi connectivity index (χ2n) is 6.11. The second-order valence-corrected chi connectivity index (χ2v) is 6.11. The summed E-state index contributed by atoms with van der Waals surface area (Å²) in [5, 5.41) is 3.00. The molecule has 0 heterocycles. The van der Waals surface area contributed by atoms with Gasteiger partial charge in [0.2, 0.25) is 0 Å². The van der Waals surface area contributed by atoms with Crippen LogP contribution >= 0.6 is 0 Å². The standard InChI is InChI=1S/C20H26N2O/c1-4-14-22(15-17-8-6-5-7-9-17)20(23)21-19-12-10-18(11-13-19)16(2)3/h5-13,16H,4,14-15H2,1-3H3,(H,21,23). The predicted octanol–water partition coefficient (Wildman–Crippen LogP) is 5.25. The maximum atomic E-state index is 12.5. The number of amides is 2. The summed E-state index contributed by atoms with van der Waals surface area (Å²) in [6.07, 6.45) is 0.937. The van der Waals surface area contributed by atoms with Crippen LogP contribution < -0.4 is 5.32 Å². The third-order valence-corrected chi connectivity index (χ3v) is 3.83. The van der Waals surface area contributed by atoms with E-state index in [4.69, 9.17) is 0 Å². The number of nitrogens with one attached hydrogen (secondary N) is 1. The Balaban J connectivity index is 2.02. The molecule has 1 N–H and O–H groups in total. The van der Waals surface area contributed by atoms with Gasteiger partial charge >= 0.3 is 6.03 Å². The Kier molecular flexibility index (Phi) is 6.21. The number of carbonyl (C=O) groups excluding carboxylic acids is 1. The number of rotatable bonds is 6. The van der Waals surface area contributed by atoms with Crippen molar-refractivity contribution in [3.05, 3.63) is 65.7 Å². The largest absolute Gasteiger partial charge is 0.322 e. The minimum absolute atomic E-state index is 0.0481. The van der Waals surface area contributed by atoms with Gasteiger partial charge in [0.05, 0.1) is 0 Å². The van der Waals surface area contributed by atoms with Crippen LogP contribution in [-0.2, 0) is 6.54 Å². The Morgan fingerprint density at radius 3 is 2.26 bits per heavy atom. The van der Waals surface area contributed by atoms with Gasteiger partial charge in [0.1, 0.15) is 0 Å². The second kappa shape index (κ2) is 8.37. The SMILES string of the molecule is CCCN(Cc1ccccc1)C(=O)Nc1ccc(C(C)C)cc1. The molecule has 3 nitrogen and oxygen atoms in total. The molecule has 0 aliphatic rings. The highest BCUT2D eigenvalue weighted by molar-refractivity contribution is 5.89. The average Bonchev–Trinajstić information content (AvgIpc) is 2.56. The van der Waals surface area contributed by atoms with E-state index in [1.165, 1.54) is 5.56 Å². The smallest absolute Gasteiger partial charge is 0.320 e. The van der Waals surface area contributed by atoms with E-state index in [1.807, 2.05) is 47.4 Å². The Bertz CT molecular complexity index is 605. The van der Waals surface area contributed by atoms with Crippen molar-refractivity contribution in [1.29, 1.82) is 0 Å². The molecule has 0 aromatic heterocycles. The molecule has 0 radical (unpaired) electrons. The van der Waals surface area contributed by atoms with Gasteiger partial charge in [-0.05, 0) is 35.6 Å². The summed E-state index contributed by atoms with van der Waals surface area (Å²) < 4.78 is 0. The minimum Gasteiger partial charge on any atom is -0.320 e. The maximum Gasteiger partial charge on any atom is 0.322 e. The van der Waals surface area contributed by atoms with Gasteiger partial charge in [0.25, 0.3) is 0 Å². The van der Waals surface area contributed by atoms with E-state index in [9.17, 15) is 4.79 Å². The first-order valence-electron chi connectivity index (χ1n) is 8.30. The monoisotopic (exact) mass is 310 g/mol. The van der Waals surface area contributed by atoms with E-state index in [-0.39, 0.29) is 6.03 Å². The van der Waals surface area contributed by atoms with Crippen LogP contribution in [0, 0.1) is 0 Å². The van der Waals surface area contributed by atoms with E-state index in [0.717, 1.165) is 24.2 Å². The number of nitrogens with zero attached hydrogens (tertiary/aromatic N) is 1. The van der Waals surface area contributed by atoms with Crippen LogP contribution in [0.25, 0.3) is 0 Å². The molecule has 0 aliphatic heterocycles. The molecule has 2 amide bonds. The van der Waals surface area contributed by atoms with Crippen molar-refractivity contribution in [2.24, 2.45) is 0 Å². The van der Waals surface area contributed by atoms with E-state index >= 15 is 0 Å². The normalized spacial score (nSPS) is 10.6. The summed E-state index contributed by atoms with van der Waals surface area (Å²) in [5.74, 6) is 0.495. The lowest BCUT2D eigenvalue weighted by Gasteiger charge is -2.23. The summed E-state index contributed by atoms with van der Waals surface area (Å²) in [7, 11) is 0. The Morgan fingerprint density at radius 2 is 1.70 bits per heavy atom. The lowest BCUT2D eigenvalue weighted by atomic mass is 10.0. The molecule has 23 heavy (non-hydrogen) atoms. The first-order chi connectivity index (χ1) is 11.1. The van der Waals surface area contributed by atoms with Gasteiger partial charge in [-0.2, -0.15) is 0 Å². The molecule has 0 bridgehead atoms. The van der Waals surface area contributed by atoms with Crippen LogP contribution in [0.5, 0.6) is 0 Å². The first kappa shape index (κ1) is 17.1. The number of benzene rings is 2. The highest BCUT2D eigenvalue weighted by Gasteiger charge is 2.13. The van der Waals surface area contributed by atoms with E-state index in [1.54, 1.807) is 0 Å². The van der Waals surface area contributed by atoms with Gasteiger partial charge in [0, 0.05) is 18.8 Å². The number of urea groups is 1. The fraction of sp³-hybridized carbons (Fsp3) is 0.350. The number of hydrogen-bond donors (Lipinski definition) is 1. The van der Waals surface area contributed by atoms with Crippen molar-refractivity contribution in [3.63, 3.8) is 0 Å². The Hall–Kier alpha value is -2.29. The fourth-order valence-electron chi connectivity index (χ4n) is 2.48. The maximum absolute atomic E-state index is 12.5. The molecule has 0 atom stereocenters. The van der Waals surface area contributed by atoms with Gasteiger partial charge in [-0.3, -0.25) is 0 Å². The van der Waals surface area contributed by atoms with Crippen molar-refractivity contribution < 1.29 is 4.79 Å². The molecule has 0 aliphatic carbocycles. The molecular weight excluding hydrogens is 284 g/mol. The molecule has 0 fully saturated rings. The van der Waals surface area contributed by atoms with Crippen LogP contribution in [-0.4, -0.2) is 17.5 Å². The topological polar surface area (TPSA) is 32.3 Å². The zero-order valence-electron chi connectivity index (χ0n) is 14.3. The van der Waals surface area contributed by atoms with Crippen molar-refractivity contribution in [2.75, 3.05) is 11.9 Å². The Morgan fingerprint density at radius 1 is 1.04 bits per heavy atom. The molecular formula is C20H26N2O. The average molecular weight is 310 g/mol. The summed E-state index contributed by atoms with van der Waals surface area (Å²) in [5.41, 5.74) is 3.26. The predicted molar refractivity (Wildman–Crippen MR) is 96.7 cm³/mol. The molecule has 2 aromatic carbocycles. The zero-order chi connectivity index (χ0) is 16.7. The molecule has 0 saturated heterocycles. The molecule has 0 unspecified atom stereocenters. The van der Waals surface area contributed by atoms with Crippen LogP contribution in [0.15, 0.2) is 54.6 Å². The van der Waals surface area contributed by atoms with Gasteiger partial charge < -0.3 is 10.2 Å². The summed E-state index contributed by atoms with van der Waals surface area (Å²) in [6, 6.07) is 18.1. The first-order valence-corrected chi connectivity index (χ1v) is 8.30. The molecule has 0 spiro atoms. The molecule has 0 saturated carbocycles. The van der Waals surface area contributed by atoms with Gasteiger partial charge in [-0.25, -0.2) is 4.79 Å². The highest BCUT2D eigenvalue weighted by atomic mass is 16.2. The summed E-state index contributed by atoms with van der Waals surface area (Å²) in [4.78, 5) is 14.4. The van der Waals surface area contributed by atoms with Crippen molar-refractivity contribution in [2.45, 2.75) is 39.7 Å².